The molecule has 0 spiro atoms. The van der Waals surface area contributed by atoms with Crippen molar-refractivity contribution < 1.29 is 90.4 Å². The number of Topliss-reactive ketones (excluding diaryl/α,β-unsaturated/α-hetero) is 1. The SMILES string of the molecule is CC[C@H](C)[C@@H]([C@@H](CC(=O)N1C[C@@H](O)C[C@H]1[C@H](OC)[C@@H](C)C(=O)N[C@@H](C)C(=O)c1c(F)cccc1F)OC)N(C)C(=O)[C@@H](NC(=O)[C@H](C(C)C)N(C)C(=O)OCc1ccc(NC(=O)[C@H](CCCNC(N)=O)NC(=O)[C@@H](NC(=O)CCCCCN2C(=O)CC(SCC3(CC(N)=O)CC3)C2=O)C(C)C)cc1)C(C)C. The zero-order valence-electron chi connectivity index (χ0n) is 63.6. The quantitative estimate of drug-likeness (QED) is 0.0238. The molecule has 590 valence electrons. The van der Waals surface area contributed by atoms with Crippen LogP contribution in [0.5, 0.6) is 0 Å². The highest BCUT2D eigenvalue weighted by atomic mass is 32.2. The lowest BCUT2D eigenvalue weighted by molar-refractivity contribution is -0.148. The monoisotopic (exact) mass is 1510 g/mol. The number of β-amino-alcohol motifs (C(OH)–C–C–N with tert-alkyl or cyclic N) is 1. The summed E-state index contributed by atoms with van der Waals surface area (Å²) in [5, 5.41) is 26.6. The van der Waals surface area contributed by atoms with E-state index in [-0.39, 0.29) is 100 Å². The molecular weight excluding hydrogens is 1400 g/mol. The predicted octanol–water partition coefficient (Wildman–Crippen LogP) is 5.07. The van der Waals surface area contributed by atoms with Gasteiger partial charge in [0, 0.05) is 78.7 Å². The number of amides is 13. The smallest absolute Gasteiger partial charge is 0.410 e. The minimum atomic E-state index is -1.35. The number of ether oxygens (including phenoxy) is 3. The van der Waals surface area contributed by atoms with Crippen molar-refractivity contribution in [1.82, 2.24) is 46.2 Å². The fraction of sp³-hybridized carbons (Fsp3) is 0.662. The van der Waals surface area contributed by atoms with Crippen LogP contribution in [0.25, 0.3) is 0 Å². The number of unbranched alkanes of at least 4 members (excludes halogenated alkanes) is 2. The van der Waals surface area contributed by atoms with E-state index >= 15 is 0 Å². The topological polar surface area (TPSA) is 407 Å². The van der Waals surface area contributed by atoms with Crippen LogP contribution in [0.2, 0.25) is 0 Å². The molecule has 1 saturated carbocycles. The molecule has 0 bridgehead atoms. The first-order chi connectivity index (χ1) is 49.9. The zero-order valence-corrected chi connectivity index (χ0v) is 64.4. The number of ketones is 1. The number of likely N-dealkylation sites (tertiary alicyclic amines) is 2. The number of rotatable bonds is 43. The second-order valence-corrected chi connectivity index (χ2v) is 30.6. The van der Waals surface area contributed by atoms with E-state index in [4.69, 9.17) is 25.7 Å². The lowest BCUT2D eigenvalue weighted by Crippen LogP contribution is -2.60. The van der Waals surface area contributed by atoms with E-state index in [1.807, 2.05) is 13.8 Å². The minimum Gasteiger partial charge on any atom is -0.445 e. The van der Waals surface area contributed by atoms with E-state index in [9.17, 15) is 76.2 Å². The number of carbonyl (C=O) groups is 13. The largest absolute Gasteiger partial charge is 0.445 e. The van der Waals surface area contributed by atoms with Gasteiger partial charge in [-0.25, -0.2) is 18.4 Å². The van der Waals surface area contributed by atoms with E-state index in [1.165, 1.54) is 61.6 Å². The van der Waals surface area contributed by atoms with Crippen LogP contribution < -0.4 is 43.4 Å². The molecule has 106 heavy (non-hydrogen) atoms. The number of nitrogens with two attached hydrogens (primary N) is 2. The van der Waals surface area contributed by atoms with Gasteiger partial charge in [-0.15, -0.1) is 11.8 Å². The lowest BCUT2D eigenvalue weighted by Gasteiger charge is -2.41. The van der Waals surface area contributed by atoms with Crippen LogP contribution in [0.1, 0.15) is 169 Å². The molecule has 1 unspecified atom stereocenters. The van der Waals surface area contributed by atoms with Crippen LogP contribution in [-0.4, -0.2) is 221 Å². The van der Waals surface area contributed by atoms with Crippen LogP contribution in [0.4, 0.5) is 24.1 Å². The number of nitrogens with zero attached hydrogens (tertiary/aromatic N) is 4. The summed E-state index contributed by atoms with van der Waals surface area (Å²) < 4.78 is 46.5. The molecule has 2 heterocycles. The Morgan fingerprint density at radius 1 is 0.755 bits per heavy atom. The summed E-state index contributed by atoms with van der Waals surface area (Å²) in [6.45, 7) is 16.9. The van der Waals surface area contributed by atoms with E-state index in [2.05, 4.69) is 31.9 Å². The Balaban J connectivity index is 1.16. The zero-order chi connectivity index (χ0) is 79.2. The van der Waals surface area contributed by atoms with Crippen LogP contribution in [0.3, 0.4) is 0 Å². The number of benzene rings is 2. The lowest BCUT2D eigenvalue weighted by atomic mass is 9.89. The molecule has 2 aromatic carbocycles. The first-order valence-corrected chi connectivity index (χ1v) is 37.5. The number of nitrogens with one attached hydrogen (secondary N) is 6. The van der Waals surface area contributed by atoms with Crippen LogP contribution in [0, 0.1) is 46.6 Å². The van der Waals surface area contributed by atoms with Crippen molar-refractivity contribution in [3.63, 3.8) is 0 Å². The molecule has 1 aliphatic carbocycles. The Hall–Kier alpha value is -8.36. The number of urea groups is 1. The van der Waals surface area contributed by atoms with Gasteiger partial charge in [0.1, 0.15) is 42.4 Å². The number of imide groups is 1. The first-order valence-electron chi connectivity index (χ1n) is 36.5. The van der Waals surface area contributed by atoms with E-state index < -0.39 is 166 Å². The highest BCUT2D eigenvalue weighted by Crippen LogP contribution is 2.52. The molecule has 32 heteroatoms. The number of carbonyl (C=O) groups excluding carboxylic acids is 13. The molecule has 11 N–H and O–H groups in total. The number of hydrogen-bond donors (Lipinski definition) is 9. The molecule has 13 atom stereocenters. The fourth-order valence-electron chi connectivity index (χ4n) is 13.6. The van der Waals surface area contributed by atoms with Crippen LogP contribution in [0.15, 0.2) is 42.5 Å². The number of anilines is 1. The normalized spacial score (nSPS) is 19.0. The van der Waals surface area contributed by atoms with Crippen LogP contribution >= 0.6 is 11.8 Å². The number of aliphatic hydroxyl groups is 1. The molecule has 13 amide bonds. The van der Waals surface area contributed by atoms with Gasteiger partial charge in [0.05, 0.1) is 59.6 Å². The summed E-state index contributed by atoms with van der Waals surface area (Å²) in [4.78, 5) is 180. The van der Waals surface area contributed by atoms with Gasteiger partial charge in [0.15, 0.2) is 5.78 Å². The van der Waals surface area contributed by atoms with Gasteiger partial charge in [-0.2, -0.15) is 0 Å². The predicted molar refractivity (Wildman–Crippen MR) is 391 cm³/mol. The third-order valence-corrected chi connectivity index (χ3v) is 21.7. The molecule has 2 aromatic rings. The maximum Gasteiger partial charge on any atom is 0.410 e. The van der Waals surface area contributed by atoms with Crippen molar-refractivity contribution in [2.75, 3.05) is 59.0 Å². The van der Waals surface area contributed by atoms with Gasteiger partial charge in [-0.3, -0.25) is 62.5 Å². The summed E-state index contributed by atoms with van der Waals surface area (Å²) in [6.07, 6.45) is 0.124. The van der Waals surface area contributed by atoms with Gasteiger partial charge < -0.3 is 72.5 Å². The molecule has 3 aliphatic rings. The Labute approximate surface area is 624 Å². The molecule has 29 nitrogen and oxygen atoms in total. The maximum atomic E-state index is 14.8. The van der Waals surface area contributed by atoms with Gasteiger partial charge in [0.25, 0.3) is 0 Å². The Bertz CT molecular complexity index is 3400. The fourth-order valence-corrected chi connectivity index (χ4v) is 15.1. The first kappa shape index (κ1) is 88.3. The Morgan fingerprint density at radius 2 is 1.40 bits per heavy atom. The number of halogens is 2. The summed E-state index contributed by atoms with van der Waals surface area (Å²) in [5.41, 5.74) is 10.5. The van der Waals surface area contributed by atoms with E-state index in [0.717, 1.165) is 35.9 Å². The standard InChI is InChI=1S/C74H112F2N12O17S/c1-15-43(8)63(53(103-13)34-57(92)88-37-48(89)33-52(88)65(104-14)44(9)66(95)80-45(10)64(94)59-49(75)21-19-22-50(59)76)85(11)71(100)61(41(4)5)84-69(98)62(42(6)7)86(12)73(102)105-38-46-25-27-47(28-26-46)81-67(96)51(23-20-31-79-72(78)101)82-68(97)60(40(2)3)83-56(91)24-17-16-18-32-87-58(93)35-54(70(87)99)106-39-74(29-30-74)36-55(77)90/h19,21-22,25-28,40-45,48,51-54,60-63,65,89H,15-18,20,23-24,29-39H2,1-14H3,(H2,77,90)(H,80,95)(H,81,96)(H,82,97)(H,83,91)(H,84,98)(H3,78,79,101)/t43-,44+,45-,48-,51-,52-,53+,54?,60-,61-,62-,63-,65+/m0/s1. The van der Waals surface area contributed by atoms with E-state index in [1.54, 1.807) is 72.9 Å². The number of thioether (sulfide) groups is 1. The third-order valence-electron chi connectivity index (χ3n) is 20.1. The molecule has 5 rings (SSSR count). The molecule has 2 saturated heterocycles. The number of hydrogen-bond acceptors (Lipinski definition) is 18. The van der Waals surface area contributed by atoms with Gasteiger partial charge in [0.2, 0.25) is 59.1 Å². The highest BCUT2D eigenvalue weighted by molar-refractivity contribution is 8.00. The average molecular weight is 1510 g/mol. The van der Waals surface area contributed by atoms with Crippen molar-refractivity contribution in [3.05, 3.63) is 65.2 Å². The molecular formula is C74H112F2N12O17S. The molecule has 0 radical (unpaired) electrons. The molecule has 3 fully saturated rings. The number of likely N-dealkylation sites (N-methyl/N-ethyl adjacent to an activating group) is 2. The van der Waals surface area contributed by atoms with Gasteiger partial charge >= 0.3 is 12.1 Å². The van der Waals surface area contributed by atoms with Crippen molar-refractivity contribution in [3.8, 4) is 0 Å². The second-order valence-electron chi connectivity index (χ2n) is 29.4. The summed E-state index contributed by atoms with van der Waals surface area (Å²) in [5.74, 6) is -10.3. The number of aliphatic hydroxyl groups excluding tert-OH is 1. The Kier molecular flexibility index (Phi) is 34.2. The van der Waals surface area contributed by atoms with Crippen LogP contribution in [-0.2, 0) is 68.8 Å². The highest BCUT2D eigenvalue weighted by Gasteiger charge is 2.48. The number of primary amides is 2. The summed E-state index contributed by atoms with van der Waals surface area (Å²) >= 11 is 1.39. The second kappa shape index (κ2) is 41.1. The van der Waals surface area contributed by atoms with E-state index in [0.29, 0.717) is 42.7 Å². The summed E-state index contributed by atoms with van der Waals surface area (Å²) in [6, 6.07) is 0.971. The van der Waals surface area contributed by atoms with Crippen molar-refractivity contribution in [2.24, 2.45) is 46.5 Å². The average Bonchev–Trinajstić information content (AvgIpc) is 1.60. The third kappa shape index (κ3) is 24.9. The maximum absolute atomic E-state index is 14.8. The number of methoxy groups -OCH3 is 2. The van der Waals surface area contributed by atoms with Gasteiger partial charge in [-0.05, 0) is 111 Å². The van der Waals surface area contributed by atoms with Gasteiger partial charge in [-0.1, -0.05) is 93.4 Å². The summed E-state index contributed by atoms with van der Waals surface area (Å²) in [7, 11) is 5.67. The van der Waals surface area contributed by atoms with Crippen molar-refractivity contribution >= 4 is 94.4 Å². The molecule has 2 aliphatic heterocycles. The van der Waals surface area contributed by atoms with Crippen molar-refractivity contribution in [2.45, 2.75) is 225 Å². The molecule has 0 aromatic heterocycles. The Morgan fingerprint density at radius 3 is 1.96 bits per heavy atom. The van der Waals surface area contributed by atoms with Crippen molar-refractivity contribution in [1.29, 1.82) is 0 Å². The minimum absolute atomic E-state index is 0.0121.